The molecule has 0 fully saturated rings. The van der Waals surface area contributed by atoms with Crippen LogP contribution in [0.25, 0.3) is 0 Å². The Morgan fingerprint density at radius 3 is 1.92 bits per heavy atom. The topological polar surface area (TPSA) is 81.8 Å². The number of primary amides is 1. The Morgan fingerprint density at radius 1 is 1.42 bits per heavy atom. The van der Waals surface area contributed by atoms with Crippen molar-refractivity contribution in [3.63, 3.8) is 0 Å². The second kappa shape index (κ2) is 5.78. The lowest BCUT2D eigenvalue weighted by atomic mass is 10.8. The zero-order chi connectivity index (χ0) is 9.56. The van der Waals surface area contributed by atoms with Crippen molar-refractivity contribution < 1.29 is 4.79 Å². The van der Waals surface area contributed by atoms with Gasteiger partial charge in [-0.2, -0.15) is 4.98 Å². The zero-order valence-electron chi connectivity index (χ0n) is 6.30. The lowest BCUT2D eigenvalue weighted by molar-refractivity contribution is -0.115. The molecule has 0 bridgehead atoms. The van der Waals surface area contributed by atoms with Gasteiger partial charge in [0.1, 0.15) is 6.33 Å². The SMILES string of the molecule is CC(N)=O.Sc1ncnc(S)n1. The van der Waals surface area contributed by atoms with Crippen molar-refractivity contribution in [2.24, 2.45) is 5.73 Å². The van der Waals surface area contributed by atoms with E-state index in [-0.39, 0.29) is 5.91 Å². The summed E-state index contributed by atoms with van der Waals surface area (Å²) in [6.07, 6.45) is 1.36. The first-order chi connectivity index (χ1) is 5.52. The lowest BCUT2D eigenvalue weighted by Crippen LogP contribution is -2.01. The van der Waals surface area contributed by atoms with Crippen molar-refractivity contribution >= 4 is 31.2 Å². The first-order valence-corrected chi connectivity index (χ1v) is 3.75. The summed E-state index contributed by atoms with van der Waals surface area (Å²) in [5.41, 5.74) is 4.47. The van der Waals surface area contributed by atoms with Gasteiger partial charge in [0, 0.05) is 6.92 Å². The van der Waals surface area contributed by atoms with Gasteiger partial charge in [-0.25, -0.2) is 9.97 Å². The summed E-state index contributed by atoms with van der Waals surface area (Å²) in [6, 6.07) is 0. The molecule has 2 N–H and O–H groups in total. The third kappa shape index (κ3) is 7.29. The number of rotatable bonds is 0. The highest BCUT2D eigenvalue weighted by Crippen LogP contribution is 1.97. The number of hydrogen-bond acceptors (Lipinski definition) is 6. The van der Waals surface area contributed by atoms with Crippen LogP contribution in [-0.2, 0) is 4.79 Å². The van der Waals surface area contributed by atoms with Crippen molar-refractivity contribution in [2.45, 2.75) is 17.2 Å². The van der Waals surface area contributed by atoms with Crippen LogP contribution in [0, 0.1) is 0 Å². The number of carbonyl (C=O) groups is 1. The Morgan fingerprint density at radius 2 is 1.75 bits per heavy atom. The monoisotopic (exact) mass is 204 g/mol. The van der Waals surface area contributed by atoms with Gasteiger partial charge >= 0.3 is 0 Å². The minimum absolute atomic E-state index is 0.333. The molecule has 66 valence electrons. The van der Waals surface area contributed by atoms with E-state index in [2.05, 4.69) is 45.9 Å². The van der Waals surface area contributed by atoms with Crippen LogP contribution >= 0.6 is 25.3 Å². The van der Waals surface area contributed by atoms with Crippen LogP contribution in [0.5, 0.6) is 0 Å². The van der Waals surface area contributed by atoms with Gasteiger partial charge < -0.3 is 5.73 Å². The van der Waals surface area contributed by atoms with Gasteiger partial charge in [-0.05, 0) is 0 Å². The number of nitrogens with two attached hydrogens (primary N) is 1. The molecule has 0 spiro atoms. The molecule has 0 aliphatic rings. The molecular weight excluding hydrogens is 196 g/mol. The second-order valence-corrected chi connectivity index (χ2v) is 2.50. The first-order valence-electron chi connectivity index (χ1n) is 2.85. The molecule has 0 saturated carbocycles. The maximum absolute atomic E-state index is 9.22. The molecule has 0 aromatic carbocycles. The molecule has 1 amide bonds. The molecule has 5 nitrogen and oxygen atoms in total. The standard InChI is InChI=1S/C3H3N3S2.C2H5NO/c7-2-4-1-5-3(8)6-2;1-2(3)4/h1H,(H2,4,5,6,7,8);1H3,(H2,3,4). The summed E-state index contributed by atoms with van der Waals surface area (Å²) in [5, 5.41) is 0.787. The Kier molecular flexibility index (Phi) is 5.39. The van der Waals surface area contributed by atoms with E-state index in [1.165, 1.54) is 13.3 Å². The summed E-state index contributed by atoms with van der Waals surface area (Å²) in [5.74, 6) is -0.333. The Hall–Kier alpha value is -0.820. The Labute approximate surface area is 80.6 Å². The van der Waals surface area contributed by atoms with Crippen LogP contribution in [0.1, 0.15) is 6.92 Å². The maximum Gasteiger partial charge on any atom is 0.214 e. The quantitative estimate of drug-likeness (QED) is 0.517. The van der Waals surface area contributed by atoms with Crippen LogP contribution in [0.4, 0.5) is 0 Å². The average molecular weight is 204 g/mol. The van der Waals surface area contributed by atoms with E-state index in [9.17, 15) is 4.79 Å². The van der Waals surface area contributed by atoms with E-state index in [1.54, 1.807) is 0 Å². The van der Waals surface area contributed by atoms with Crippen molar-refractivity contribution in [3.8, 4) is 0 Å². The highest BCUT2D eigenvalue weighted by atomic mass is 32.1. The number of carbonyl (C=O) groups excluding carboxylic acids is 1. The predicted molar refractivity (Wildman–Crippen MR) is 49.2 cm³/mol. The number of hydrogen-bond donors (Lipinski definition) is 3. The van der Waals surface area contributed by atoms with Crippen LogP contribution in [-0.4, -0.2) is 20.9 Å². The Balaban J connectivity index is 0.000000261. The average Bonchev–Trinajstić information content (AvgIpc) is 1.84. The van der Waals surface area contributed by atoms with Gasteiger partial charge in [0.15, 0.2) is 10.3 Å². The fraction of sp³-hybridized carbons (Fsp3) is 0.200. The maximum atomic E-state index is 9.22. The van der Waals surface area contributed by atoms with E-state index in [0.29, 0.717) is 10.3 Å². The third-order valence-corrected chi connectivity index (χ3v) is 0.977. The summed E-state index contributed by atoms with van der Waals surface area (Å²) < 4.78 is 0. The van der Waals surface area contributed by atoms with Gasteiger partial charge in [0.05, 0.1) is 0 Å². The largest absolute Gasteiger partial charge is 0.370 e. The van der Waals surface area contributed by atoms with Crippen molar-refractivity contribution in [1.29, 1.82) is 0 Å². The number of nitrogens with zero attached hydrogens (tertiary/aromatic N) is 3. The number of amides is 1. The molecule has 0 radical (unpaired) electrons. The number of thiol groups is 2. The van der Waals surface area contributed by atoms with E-state index < -0.39 is 0 Å². The van der Waals surface area contributed by atoms with E-state index in [0.717, 1.165) is 0 Å². The molecule has 12 heavy (non-hydrogen) atoms. The van der Waals surface area contributed by atoms with E-state index >= 15 is 0 Å². The van der Waals surface area contributed by atoms with Gasteiger partial charge in [0.2, 0.25) is 5.91 Å². The van der Waals surface area contributed by atoms with Crippen LogP contribution < -0.4 is 5.73 Å². The molecule has 0 aliphatic heterocycles. The van der Waals surface area contributed by atoms with E-state index in [1.807, 2.05) is 0 Å². The zero-order valence-corrected chi connectivity index (χ0v) is 8.09. The summed E-state index contributed by atoms with van der Waals surface area (Å²) >= 11 is 7.69. The second-order valence-electron chi connectivity index (χ2n) is 1.70. The summed E-state index contributed by atoms with van der Waals surface area (Å²) in [6.45, 7) is 1.31. The van der Waals surface area contributed by atoms with Crippen LogP contribution in [0.2, 0.25) is 0 Å². The third-order valence-electron chi connectivity index (χ3n) is 0.546. The minimum atomic E-state index is -0.333. The Bertz CT molecular complexity index is 246. The van der Waals surface area contributed by atoms with Gasteiger partial charge in [-0.15, -0.1) is 25.3 Å². The molecule has 0 aliphatic carbocycles. The predicted octanol–water partition coefficient (Wildman–Crippen LogP) is -0.0594. The van der Waals surface area contributed by atoms with Crippen molar-refractivity contribution in [2.75, 3.05) is 0 Å². The van der Waals surface area contributed by atoms with Crippen LogP contribution in [0.3, 0.4) is 0 Å². The summed E-state index contributed by atoms with van der Waals surface area (Å²) in [4.78, 5) is 20.2. The van der Waals surface area contributed by atoms with Gasteiger partial charge in [-0.1, -0.05) is 0 Å². The van der Waals surface area contributed by atoms with Gasteiger partial charge in [0.25, 0.3) is 0 Å². The highest BCUT2D eigenvalue weighted by Gasteiger charge is 1.86. The normalized spacial score (nSPS) is 8.25. The molecule has 0 atom stereocenters. The highest BCUT2D eigenvalue weighted by molar-refractivity contribution is 7.80. The molecule has 7 heteroatoms. The lowest BCUT2D eigenvalue weighted by Gasteiger charge is -1.86. The van der Waals surface area contributed by atoms with Crippen LogP contribution in [0.15, 0.2) is 16.6 Å². The molecule has 0 unspecified atom stereocenters. The fourth-order valence-electron chi connectivity index (χ4n) is 0.279. The molecule has 1 aromatic rings. The van der Waals surface area contributed by atoms with Crippen molar-refractivity contribution in [1.82, 2.24) is 15.0 Å². The molecule has 1 aromatic heterocycles. The molecule has 1 heterocycles. The minimum Gasteiger partial charge on any atom is -0.370 e. The van der Waals surface area contributed by atoms with Gasteiger partial charge in [-0.3, -0.25) is 4.79 Å². The molecule has 1 rings (SSSR count). The number of aromatic nitrogens is 3. The fourth-order valence-corrected chi connectivity index (χ4v) is 0.651. The van der Waals surface area contributed by atoms with E-state index in [4.69, 9.17) is 0 Å². The first kappa shape index (κ1) is 11.2. The molecular formula is C5H8N4OS2. The summed E-state index contributed by atoms with van der Waals surface area (Å²) in [7, 11) is 0. The van der Waals surface area contributed by atoms with Crippen molar-refractivity contribution in [3.05, 3.63) is 6.33 Å². The smallest absolute Gasteiger partial charge is 0.214 e. The molecule has 0 saturated heterocycles.